The lowest BCUT2D eigenvalue weighted by molar-refractivity contribution is 0.0689. The zero-order valence-electron chi connectivity index (χ0n) is 19.0. The monoisotopic (exact) mass is 484 g/mol. The largest absolute Gasteiger partial charge is 0.389 e. The molecule has 1 amide bonds. The summed E-state index contributed by atoms with van der Waals surface area (Å²) in [5, 5.41) is 28.1. The van der Waals surface area contributed by atoms with Crippen LogP contribution in [0.5, 0.6) is 0 Å². The Bertz CT molecular complexity index is 948. The van der Waals surface area contributed by atoms with E-state index in [2.05, 4.69) is 25.9 Å². The number of aryl methyl sites for hydroxylation is 1. The standard InChI is InChI=1S/C22H32N6O2.2ClH/c1-13-9-10-16-15(11-13)19(27-18-8-6-5-7-17(18)25-14(2)23)28-20(26-16)21(29)24-12-22(3,4)30;;/h9-11,17-18,30H,5-8,12H2,1-4H3,(H2,23,25)(H,24,29)(H,26,27,28);2*1H/t17-,18+;;/m1../s1. The van der Waals surface area contributed by atoms with Gasteiger partial charge in [-0.05, 0) is 52.7 Å². The molecule has 178 valence electrons. The minimum atomic E-state index is -1.02. The van der Waals surface area contributed by atoms with Crippen molar-refractivity contribution < 1.29 is 9.90 Å². The number of nitrogens with one attached hydrogen (secondary N) is 4. The fraction of sp³-hybridized carbons (Fsp3) is 0.545. The number of amides is 1. The first-order valence-electron chi connectivity index (χ1n) is 10.5. The van der Waals surface area contributed by atoms with Crippen molar-refractivity contribution in [2.75, 3.05) is 11.9 Å². The third-order valence-corrected chi connectivity index (χ3v) is 5.23. The first-order valence-corrected chi connectivity index (χ1v) is 10.5. The summed E-state index contributed by atoms with van der Waals surface area (Å²) in [7, 11) is 0. The maximum Gasteiger partial charge on any atom is 0.289 e. The van der Waals surface area contributed by atoms with E-state index in [1.807, 2.05) is 25.1 Å². The summed E-state index contributed by atoms with van der Waals surface area (Å²) in [5.41, 5.74) is 0.758. The van der Waals surface area contributed by atoms with Crippen molar-refractivity contribution in [3.8, 4) is 0 Å². The van der Waals surface area contributed by atoms with E-state index in [0.717, 1.165) is 36.6 Å². The van der Waals surface area contributed by atoms with E-state index in [1.54, 1.807) is 20.8 Å². The molecule has 3 rings (SSSR count). The number of carbonyl (C=O) groups excluding carboxylic acids is 1. The van der Waals surface area contributed by atoms with E-state index in [1.165, 1.54) is 0 Å². The molecule has 1 heterocycles. The lowest BCUT2D eigenvalue weighted by atomic mass is 9.90. The predicted molar refractivity (Wildman–Crippen MR) is 134 cm³/mol. The molecule has 2 atom stereocenters. The van der Waals surface area contributed by atoms with Gasteiger partial charge in [-0.1, -0.05) is 24.5 Å². The Morgan fingerprint density at radius 3 is 2.47 bits per heavy atom. The normalized spacial score (nSPS) is 18.2. The number of amidine groups is 1. The number of aromatic nitrogens is 2. The molecule has 2 aromatic rings. The molecule has 0 aliphatic heterocycles. The van der Waals surface area contributed by atoms with Crippen LogP contribution < -0.4 is 16.0 Å². The minimum absolute atomic E-state index is 0. The number of hydrogen-bond acceptors (Lipinski definition) is 6. The van der Waals surface area contributed by atoms with Crippen LogP contribution in [0.25, 0.3) is 10.9 Å². The van der Waals surface area contributed by atoms with E-state index in [-0.39, 0.29) is 49.3 Å². The van der Waals surface area contributed by atoms with Crippen molar-refractivity contribution in [1.82, 2.24) is 20.6 Å². The van der Waals surface area contributed by atoms with Gasteiger partial charge >= 0.3 is 0 Å². The average Bonchev–Trinajstić information content (AvgIpc) is 2.66. The maximum absolute atomic E-state index is 12.6. The van der Waals surface area contributed by atoms with Crippen LogP contribution in [0.1, 0.15) is 62.6 Å². The molecule has 0 radical (unpaired) electrons. The van der Waals surface area contributed by atoms with Crippen LogP contribution in [0.4, 0.5) is 5.82 Å². The summed E-state index contributed by atoms with van der Waals surface area (Å²) in [6, 6.07) is 6.11. The van der Waals surface area contributed by atoms with Crippen molar-refractivity contribution in [3.63, 3.8) is 0 Å². The number of hydrogen-bond donors (Lipinski definition) is 5. The van der Waals surface area contributed by atoms with Crippen LogP contribution in [0.15, 0.2) is 18.2 Å². The fourth-order valence-corrected chi connectivity index (χ4v) is 3.76. The topological polar surface area (TPSA) is 123 Å². The Kier molecular flexibility index (Phi) is 10.1. The van der Waals surface area contributed by atoms with Crippen LogP contribution in [0.3, 0.4) is 0 Å². The number of aliphatic hydroxyl groups is 1. The van der Waals surface area contributed by atoms with E-state index in [4.69, 9.17) is 5.41 Å². The smallest absolute Gasteiger partial charge is 0.289 e. The molecule has 0 unspecified atom stereocenters. The van der Waals surface area contributed by atoms with Crippen molar-refractivity contribution in [2.45, 2.75) is 71.1 Å². The summed E-state index contributed by atoms with van der Waals surface area (Å²) in [4.78, 5) is 21.6. The number of rotatable bonds is 6. The minimum Gasteiger partial charge on any atom is -0.389 e. The van der Waals surface area contributed by atoms with Crippen LogP contribution in [-0.2, 0) is 0 Å². The Hall–Kier alpha value is -2.16. The maximum atomic E-state index is 12.6. The quantitative estimate of drug-likeness (QED) is 0.315. The lowest BCUT2D eigenvalue weighted by Crippen LogP contribution is -2.48. The molecule has 1 aromatic heterocycles. The molecule has 0 bridgehead atoms. The van der Waals surface area contributed by atoms with Crippen molar-refractivity contribution in [3.05, 3.63) is 29.6 Å². The van der Waals surface area contributed by atoms with Gasteiger partial charge < -0.3 is 21.1 Å². The van der Waals surface area contributed by atoms with Crippen LogP contribution in [0, 0.1) is 12.3 Å². The first-order chi connectivity index (χ1) is 14.1. The van der Waals surface area contributed by atoms with E-state index < -0.39 is 11.5 Å². The van der Waals surface area contributed by atoms with Gasteiger partial charge in [-0.25, -0.2) is 9.97 Å². The first kappa shape index (κ1) is 27.9. The molecule has 5 N–H and O–H groups in total. The third kappa shape index (κ3) is 7.46. The van der Waals surface area contributed by atoms with Gasteiger partial charge in [-0.15, -0.1) is 24.8 Å². The molecule has 0 saturated heterocycles. The number of carbonyl (C=O) groups is 1. The molecular weight excluding hydrogens is 451 g/mol. The summed E-state index contributed by atoms with van der Waals surface area (Å²) in [5.74, 6) is 0.722. The second kappa shape index (κ2) is 11.6. The van der Waals surface area contributed by atoms with Crippen LogP contribution in [0.2, 0.25) is 0 Å². The molecule has 1 aromatic carbocycles. The Balaban J connectivity index is 0.00000256. The van der Waals surface area contributed by atoms with Gasteiger partial charge in [0, 0.05) is 24.0 Å². The van der Waals surface area contributed by atoms with Gasteiger partial charge in [0.25, 0.3) is 5.91 Å². The zero-order valence-corrected chi connectivity index (χ0v) is 20.6. The highest BCUT2D eigenvalue weighted by Gasteiger charge is 2.27. The SMILES string of the molecule is CC(=N)N[C@@H]1CCCC[C@@H]1Nc1nc(C(=O)NCC(C)(C)O)nc2ccc(C)cc12.Cl.Cl. The number of halogens is 2. The van der Waals surface area contributed by atoms with E-state index in [0.29, 0.717) is 17.2 Å². The molecule has 0 spiro atoms. The molecule has 1 fully saturated rings. The summed E-state index contributed by atoms with van der Waals surface area (Å²) >= 11 is 0. The fourth-order valence-electron chi connectivity index (χ4n) is 3.76. The molecule has 10 heteroatoms. The van der Waals surface area contributed by atoms with Gasteiger partial charge in [-0.3, -0.25) is 10.2 Å². The third-order valence-electron chi connectivity index (χ3n) is 5.23. The Labute approximate surface area is 201 Å². The highest BCUT2D eigenvalue weighted by molar-refractivity contribution is 5.96. The number of benzene rings is 1. The predicted octanol–water partition coefficient (Wildman–Crippen LogP) is 3.59. The molecular formula is C22H34Cl2N6O2. The Morgan fingerprint density at radius 1 is 1.19 bits per heavy atom. The van der Waals surface area contributed by atoms with Crippen molar-refractivity contribution in [2.24, 2.45) is 0 Å². The molecule has 1 aliphatic rings. The average molecular weight is 485 g/mol. The van der Waals surface area contributed by atoms with Crippen molar-refractivity contribution >= 4 is 53.3 Å². The van der Waals surface area contributed by atoms with Crippen molar-refractivity contribution in [1.29, 1.82) is 5.41 Å². The second-order valence-electron chi connectivity index (χ2n) is 8.82. The summed E-state index contributed by atoms with van der Waals surface area (Å²) in [6.07, 6.45) is 4.17. The van der Waals surface area contributed by atoms with Gasteiger partial charge in [0.2, 0.25) is 5.82 Å². The highest BCUT2D eigenvalue weighted by Crippen LogP contribution is 2.27. The van der Waals surface area contributed by atoms with Crippen LogP contribution >= 0.6 is 24.8 Å². The molecule has 32 heavy (non-hydrogen) atoms. The van der Waals surface area contributed by atoms with Gasteiger partial charge in [-0.2, -0.15) is 0 Å². The number of fused-ring (bicyclic) bond motifs is 1. The summed E-state index contributed by atoms with van der Waals surface area (Å²) in [6.45, 7) is 7.13. The highest BCUT2D eigenvalue weighted by atomic mass is 35.5. The number of anilines is 1. The zero-order chi connectivity index (χ0) is 21.9. The Morgan fingerprint density at radius 2 is 1.84 bits per heavy atom. The lowest BCUT2D eigenvalue weighted by Gasteiger charge is -2.33. The van der Waals surface area contributed by atoms with Gasteiger partial charge in [0.15, 0.2) is 0 Å². The molecule has 1 saturated carbocycles. The molecule has 8 nitrogen and oxygen atoms in total. The van der Waals surface area contributed by atoms with Gasteiger partial charge in [0.1, 0.15) is 5.82 Å². The summed E-state index contributed by atoms with van der Waals surface area (Å²) < 4.78 is 0. The van der Waals surface area contributed by atoms with Crippen LogP contribution in [-0.4, -0.2) is 51.0 Å². The van der Waals surface area contributed by atoms with Gasteiger partial charge in [0.05, 0.1) is 17.0 Å². The van der Waals surface area contributed by atoms with E-state index >= 15 is 0 Å². The second-order valence-corrected chi connectivity index (χ2v) is 8.82. The number of nitrogens with zero attached hydrogens (tertiary/aromatic N) is 2. The van der Waals surface area contributed by atoms with E-state index in [9.17, 15) is 9.90 Å². The molecule has 1 aliphatic carbocycles.